The summed E-state index contributed by atoms with van der Waals surface area (Å²) in [5, 5.41) is 12.8. The van der Waals surface area contributed by atoms with E-state index in [2.05, 4.69) is 12.2 Å². The van der Waals surface area contributed by atoms with Crippen LogP contribution in [0.5, 0.6) is 0 Å². The summed E-state index contributed by atoms with van der Waals surface area (Å²) in [6, 6.07) is 1.94. The van der Waals surface area contributed by atoms with Gasteiger partial charge in [-0.25, -0.2) is 0 Å². The first-order chi connectivity index (χ1) is 8.96. The molecule has 4 heteroatoms. The van der Waals surface area contributed by atoms with Crippen LogP contribution in [0.4, 0.5) is 0 Å². The van der Waals surface area contributed by atoms with E-state index in [1.807, 2.05) is 19.9 Å². The van der Waals surface area contributed by atoms with Crippen LogP contribution < -0.4 is 5.32 Å². The van der Waals surface area contributed by atoms with Crippen LogP contribution in [0.15, 0.2) is 6.07 Å². The third kappa shape index (κ3) is 3.18. The van der Waals surface area contributed by atoms with Crippen molar-refractivity contribution in [3.8, 4) is 0 Å². The van der Waals surface area contributed by atoms with Crippen LogP contribution in [0, 0.1) is 19.8 Å². The van der Waals surface area contributed by atoms with Gasteiger partial charge < -0.3 is 10.4 Å². The van der Waals surface area contributed by atoms with E-state index in [9.17, 15) is 9.90 Å². The van der Waals surface area contributed by atoms with E-state index in [-0.39, 0.29) is 12.5 Å². The lowest BCUT2D eigenvalue weighted by molar-refractivity contribution is 0.0697. The molecule has 1 aromatic rings. The van der Waals surface area contributed by atoms with Crippen molar-refractivity contribution in [2.75, 3.05) is 6.61 Å². The van der Waals surface area contributed by atoms with Crippen LogP contribution in [0.2, 0.25) is 0 Å². The Kier molecular flexibility index (Phi) is 4.31. The van der Waals surface area contributed by atoms with Crippen LogP contribution in [-0.2, 0) is 0 Å². The van der Waals surface area contributed by atoms with Gasteiger partial charge in [-0.1, -0.05) is 19.8 Å². The quantitative estimate of drug-likeness (QED) is 0.894. The highest BCUT2D eigenvalue weighted by molar-refractivity contribution is 7.12. The number of carbonyl (C=O) groups excluding carboxylic acids is 1. The SMILES string of the molecule is Cc1cc(C(=O)NC2(CO)CCCC(C)C2)c(C)s1. The summed E-state index contributed by atoms with van der Waals surface area (Å²) in [7, 11) is 0. The first-order valence-electron chi connectivity index (χ1n) is 6.96. The Balaban J connectivity index is 2.14. The summed E-state index contributed by atoms with van der Waals surface area (Å²) < 4.78 is 0. The zero-order chi connectivity index (χ0) is 14.0. The van der Waals surface area contributed by atoms with E-state index in [4.69, 9.17) is 0 Å². The predicted molar refractivity (Wildman–Crippen MR) is 78.7 cm³/mol. The fourth-order valence-electron chi connectivity index (χ4n) is 3.12. The molecular weight excluding hydrogens is 258 g/mol. The van der Waals surface area contributed by atoms with Gasteiger partial charge in [0.1, 0.15) is 0 Å². The van der Waals surface area contributed by atoms with E-state index in [1.54, 1.807) is 11.3 Å². The normalized spacial score (nSPS) is 27.3. The Bertz CT molecular complexity index is 469. The molecule has 1 fully saturated rings. The van der Waals surface area contributed by atoms with Gasteiger partial charge in [0, 0.05) is 9.75 Å². The number of hydrogen-bond acceptors (Lipinski definition) is 3. The highest BCUT2D eigenvalue weighted by atomic mass is 32.1. The average Bonchev–Trinajstić information content (AvgIpc) is 2.68. The second kappa shape index (κ2) is 5.63. The average molecular weight is 281 g/mol. The van der Waals surface area contributed by atoms with Gasteiger partial charge in [-0.3, -0.25) is 4.79 Å². The molecule has 106 valence electrons. The van der Waals surface area contributed by atoms with Crippen LogP contribution in [0.1, 0.15) is 52.7 Å². The van der Waals surface area contributed by atoms with Crippen LogP contribution in [0.25, 0.3) is 0 Å². The zero-order valence-electron chi connectivity index (χ0n) is 12.0. The lowest BCUT2D eigenvalue weighted by atomic mass is 9.76. The van der Waals surface area contributed by atoms with Gasteiger partial charge in [0.2, 0.25) is 0 Å². The smallest absolute Gasteiger partial charge is 0.252 e. The fraction of sp³-hybridized carbons (Fsp3) is 0.667. The molecule has 1 amide bonds. The maximum absolute atomic E-state index is 12.4. The molecule has 1 heterocycles. The van der Waals surface area contributed by atoms with Gasteiger partial charge >= 0.3 is 0 Å². The Morgan fingerprint density at radius 1 is 1.58 bits per heavy atom. The number of amides is 1. The van der Waals surface area contributed by atoms with Crippen molar-refractivity contribution in [2.45, 2.75) is 52.0 Å². The molecule has 2 N–H and O–H groups in total. The number of thiophene rings is 1. The molecule has 2 atom stereocenters. The van der Waals surface area contributed by atoms with Gasteiger partial charge in [0.05, 0.1) is 17.7 Å². The van der Waals surface area contributed by atoms with Gasteiger partial charge in [-0.05, 0) is 38.7 Å². The molecule has 1 aliphatic rings. The molecular formula is C15H23NO2S. The molecule has 1 aromatic heterocycles. The Morgan fingerprint density at radius 2 is 2.32 bits per heavy atom. The minimum absolute atomic E-state index is 0.0330. The van der Waals surface area contributed by atoms with E-state index >= 15 is 0 Å². The Hall–Kier alpha value is -0.870. The molecule has 0 aromatic carbocycles. The van der Waals surface area contributed by atoms with Crippen molar-refractivity contribution in [1.29, 1.82) is 0 Å². The maximum Gasteiger partial charge on any atom is 0.252 e. The van der Waals surface area contributed by atoms with Crippen molar-refractivity contribution < 1.29 is 9.90 Å². The molecule has 2 unspecified atom stereocenters. The lowest BCUT2D eigenvalue weighted by Crippen LogP contribution is -2.53. The summed E-state index contributed by atoms with van der Waals surface area (Å²) in [5.74, 6) is 0.525. The van der Waals surface area contributed by atoms with Crippen LogP contribution in [-0.4, -0.2) is 23.2 Å². The molecule has 0 spiro atoms. The first kappa shape index (κ1) is 14.5. The summed E-state index contributed by atoms with van der Waals surface area (Å²) in [4.78, 5) is 14.6. The van der Waals surface area contributed by atoms with Gasteiger partial charge in [0.15, 0.2) is 0 Å². The Morgan fingerprint density at radius 3 is 2.84 bits per heavy atom. The van der Waals surface area contributed by atoms with Crippen LogP contribution in [0.3, 0.4) is 0 Å². The minimum atomic E-state index is -0.420. The van der Waals surface area contributed by atoms with E-state index < -0.39 is 5.54 Å². The molecule has 0 bridgehead atoms. The minimum Gasteiger partial charge on any atom is -0.394 e. The maximum atomic E-state index is 12.4. The number of aryl methyl sites for hydroxylation is 2. The lowest BCUT2D eigenvalue weighted by Gasteiger charge is -2.39. The van der Waals surface area contributed by atoms with E-state index in [0.29, 0.717) is 5.92 Å². The topological polar surface area (TPSA) is 49.3 Å². The zero-order valence-corrected chi connectivity index (χ0v) is 12.8. The third-order valence-corrected chi connectivity index (χ3v) is 5.02. The number of rotatable bonds is 3. The number of aliphatic hydroxyl groups excluding tert-OH is 1. The summed E-state index contributed by atoms with van der Waals surface area (Å²) >= 11 is 1.64. The molecule has 0 aliphatic heterocycles. The number of carbonyl (C=O) groups is 1. The van der Waals surface area contributed by atoms with E-state index in [1.165, 1.54) is 6.42 Å². The fourth-order valence-corrected chi connectivity index (χ4v) is 4.04. The van der Waals surface area contributed by atoms with E-state index in [0.717, 1.165) is 34.6 Å². The van der Waals surface area contributed by atoms with Crippen molar-refractivity contribution >= 4 is 17.2 Å². The standard InChI is InChI=1S/C15H23NO2S/c1-10-5-4-6-15(8-10,9-17)16-14(18)13-7-11(2)19-12(13)3/h7,10,17H,4-6,8-9H2,1-3H3,(H,16,18). The monoisotopic (exact) mass is 281 g/mol. The van der Waals surface area contributed by atoms with Crippen LogP contribution >= 0.6 is 11.3 Å². The third-order valence-electron chi connectivity index (χ3n) is 4.06. The highest BCUT2D eigenvalue weighted by Gasteiger charge is 2.36. The van der Waals surface area contributed by atoms with Crippen molar-refractivity contribution in [1.82, 2.24) is 5.32 Å². The number of nitrogens with one attached hydrogen (secondary N) is 1. The van der Waals surface area contributed by atoms with Gasteiger partial charge in [-0.15, -0.1) is 11.3 Å². The molecule has 0 saturated heterocycles. The summed E-state index contributed by atoms with van der Waals surface area (Å²) in [5.41, 5.74) is 0.338. The van der Waals surface area contributed by atoms with Crippen molar-refractivity contribution in [2.24, 2.45) is 5.92 Å². The number of hydrogen-bond donors (Lipinski definition) is 2. The summed E-state index contributed by atoms with van der Waals surface area (Å²) in [6.45, 7) is 6.21. The molecule has 0 radical (unpaired) electrons. The first-order valence-corrected chi connectivity index (χ1v) is 7.78. The predicted octanol–water partition coefficient (Wildman–Crippen LogP) is 3.04. The molecule has 2 rings (SSSR count). The largest absolute Gasteiger partial charge is 0.394 e. The van der Waals surface area contributed by atoms with Crippen molar-refractivity contribution in [3.05, 3.63) is 21.4 Å². The number of aliphatic hydroxyl groups is 1. The van der Waals surface area contributed by atoms with Crippen molar-refractivity contribution in [3.63, 3.8) is 0 Å². The summed E-state index contributed by atoms with van der Waals surface area (Å²) in [6.07, 6.45) is 4.01. The van der Waals surface area contributed by atoms with Gasteiger partial charge in [-0.2, -0.15) is 0 Å². The molecule has 3 nitrogen and oxygen atoms in total. The second-order valence-electron chi connectivity index (χ2n) is 5.92. The van der Waals surface area contributed by atoms with Gasteiger partial charge in [0.25, 0.3) is 5.91 Å². The molecule has 19 heavy (non-hydrogen) atoms. The molecule has 1 aliphatic carbocycles. The highest BCUT2D eigenvalue weighted by Crippen LogP contribution is 2.32. The second-order valence-corrected chi connectivity index (χ2v) is 7.38. The molecule has 1 saturated carbocycles. The Labute approximate surface area is 119 Å².